The summed E-state index contributed by atoms with van der Waals surface area (Å²) in [5.74, 6) is -0.336. The van der Waals surface area contributed by atoms with Gasteiger partial charge in [-0.1, -0.05) is 18.2 Å². The second-order valence-electron chi connectivity index (χ2n) is 6.37. The molecule has 1 atom stereocenters. The van der Waals surface area contributed by atoms with Gasteiger partial charge in [-0.15, -0.1) is 0 Å². The van der Waals surface area contributed by atoms with E-state index in [-0.39, 0.29) is 11.9 Å². The van der Waals surface area contributed by atoms with E-state index in [0.29, 0.717) is 12.2 Å². The normalized spacial score (nSPS) is 13.0. The third-order valence-electron chi connectivity index (χ3n) is 4.46. The van der Waals surface area contributed by atoms with Crippen molar-refractivity contribution in [2.24, 2.45) is 0 Å². The predicted molar refractivity (Wildman–Crippen MR) is 95.0 cm³/mol. The summed E-state index contributed by atoms with van der Waals surface area (Å²) in [7, 11) is 0. The monoisotopic (exact) mass is 377 g/mol. The zero-order valence-electron chi connectivity index (χ0n) is 14.9. The van der Waals surface area contributed by atoms with Crippen LogP contribution in [0.4, 0.5) is 17.6 Å². The Labute approximate surface area is 154 Å². The molecular formula is C20H19F4N3. The lowest BCUT2D eigenvalue weighted by Gasteiger charge is -2.15. The first kappa shape index (κ1) is 19.1. The standard InChI is InChI=1S/C20H19F4N3/c1-13(25-11-15-6-8-16(9-7-15)20(22,23)24)19-12-26-27(14(19)2)18-5-3-4-17(21)10-18/h3-10,12-13,25H,11H2,1-2H3/t13-/m0/s1. The Morgan fingerprint density at radius 1 is 1.11 bits per heavy atom. The van der Waals surface area contributed by atoms with Crippen LogP contribution < -0.4 is 5.32 Å². The minimum absolute atomic E-state index is 0.0744. The first-order chi connectivity index (χ1) is 12.8. The van der Waals surface area contributed by atoms with Gasteiger partial charge in [0.25, 0.3) is 0 Å². The zero-order valence-corrected chi connectivity index (χ0v) is 14.9. The number of nitrogens with zero attached hydrogens (tertiary/aromatic N) is 2. The highest BCUT2D eigenvalue weighted by Gasteiger charge is 2.29. The van der Waals surface area contributed by atoms with Crippen LogP contribution in [0, 0.1) is 12.7 Å². The van der Waals surface area contributed by atoms with Crippen molar-refractivity contribution < 1.29 is 17.6 Å². The average molecular weight is 377 g/mol. The van der Waals surface area contributed by atoms with Crippen LogP contribution in [0.3, 0.4) is 0 Å². The van der Waals surface area contributed by atoms with Gasteiger partial charge >= 0.3 is 6.18 Å². The maximum Gasteiger partial charge on any atom is 0.416 e. The molecule has 142 valence electrons. The third-order valence-corrected chi connectivity index (χ3v) is 4.46. The number of nitrogens with one attached hydrogen (secondary N) is 1. The molecule has 0 saturated heterocycles. The number of hydrogen-bond acceptors (Lipinski definition) is 2. The maximum atomic E-state index is 13.4. The first-order valence-corrected chi connectivity index (χ1v) is 8.45. The first-order valence-electron chi connectivity index (χ1n) is 8.45. The van der Waals surface area contributed by atoms with E-state index >= 15 is 0 Å². The molecule has 27 heavy (non-hydrogen) atoms. The van der Waals surface area contributed by atoms with E-state index in [1.807, 2.05) is 13.8 Å². The Kier molecular flexibility index (Phi) is 5.32. The van der Waals surface area contributed by atoms with Gasteiger partial charge < -0.3 is 5.32 Å². The summed E-state index contributed by atoms with van der Waals surface area (Å²) in [4.78, 5) is 0. The van der Waals surface area contributed by atoms with Crippen LogP contribution in [0.15, 0.2) is 54.7 Å². The molecule has 0 aliphatic carbocycles. The summed E-state index contributed by atoms with van der Waals surface area (Å²) >= 11 is 0. The second-order valence-corrected chi connectivity index (χ2v) is 6.37. The van der Waals surface area contributed by atoms with Crippen LogP contribution in [-0.4, -0.2) is 9.78 Å². The lowest BCUT2D eigenvalue weighted by molar-refractivity contribution is -0.137. The van der Waals surface area contributed by atoms with Crippen LogP contribution in [0.5, 0.6) is 0 Å². The lowest BCUT2D eigenvalue weighted by Crippen LogP contribution is -2.19. The summed E-state index contributed by atoms with van der Waals surface area (Å²) < 4.78 is 53.0. The molecule has 0 unspecified atom stereocenters. The van der Waals surface area contributed by atoms with Gasteiger partial charge in [0, 0.05) is 23.8 Å². The Morgan fingerprint density at radius 3 is 2.44 bits per heavy atom. The van der Waals surface area contributed by atoms with Crippen LogP contribution >= 0.6 is 0 Å². The molecule has 7 heteroatoms. The molecule has 3 aromatic rings. The SMILES string of the molecule is Cc1c([C@H](C)NCc2ccc(C(F)(F)F)cc2)cnn1-c1cccc(F)c1. The maximum absolute atomic E-state index is 13.4. The van der Waals surface area contributed by atoms with Gasteiger partial charge in [0.05, 0.1) is 17.4 Å². The van der Waals surface area contributed by atoms with Crippen LogP contribution in [0.1, 0.15) is 35.3 Å². The molecule has 1 N–H and O–H groups in total. The van der Waals surface area contributed by atoms with E-state index in [9.17, 15) is 17.6 Å². The van der Waals surface area contributed by atoms with Gasteiger partial charge in [0.1, 0.15) is 5.82 Å². The fourth-order valence-electron chi connectivity index (χ4n) is 2.91. The van der Waals surface area contributed by atoms with E-state index in [0.717, 1.165) is 29.0 Å². The molecule has 3 nitrogen and oxygen atoms in total. The molecule has 0 spiro atoms. The van der Waals surface area contributed by atoms with E-state index in [4.69, 9.17) is 0 Å². The number of rotatable bonds is 5. The van der Waals surface area contributed by atoms with Crippen molar-refractivity contribution >= 4 is 0 Å². The van der Waals surface area contributed by atoms with Gasteiger partial charge in [-0.2, -0.15) is 18.3 Å². The van der Waals surface area contributed by atoms with Crippen molar-refractivity contribution in [2.75, 3.05) is 0 Å². The van der Waals surface area contributed by atoms with Crippen molar-refractivity contribution in [1.29, 1.82) is 0 Å². The van der Waals surface area contributed by atoms with E-state index < -0.39 is 11.7 Å². The van der Waals surface area contributed by atoms with Gasteiger partial charge in [-0.25, -0.2) is 9.07 Å². The Balaban J connectivity index is 1.69. The molecule has 0 fully saturated rings. The molecule has 0 amide bonds. The summed E-state index contributed by atoms with van der Waals surface area (Å²) in [6.07, 6.45) is -2.62. The summed E-state index contributed by atoms with van der Waals surface area (Å²) in [6.45, 7) is 4.26. The van der Waals surface area contributed by atoms with Gasteiger partial charge in [-0.3, -0.25) is 0 Å². The van der Waals surface area contributed by atoms with Crippen LogP contribution in [0.2, 0.25) is 0 Å². The van der Waals surface area contributed by atoms with Crippen molar-refractivity contribution in [3.05, 3.63) is 82.9 Å². The zero-order chi connectivity index (χ0) is 19.6. The van der Waals surface area contributed by atoms with Crippen molar-refractivity contribution in [1.82, 2.24) is 15.1 Å². The van der Waals surface area contributed by atoms with Gasteiger partial charge in [-0.05, 0) is 49.7 Å². The predicted octanol–water partition coefficient (Wildman–Crippen LogP) is 5.19. The highest BCUT2D eigenvalue weighted by Crippen LogP contribution is 2.29. The van der Waals surface area contributed by atoms with Gasteiger partial charge in [0.2, 0.25) is 0 Å². The van der Waals surface area contributed by atoms with E-state index in [2.05, 4.69) is 10.4 Å². The molecule has 1 heterocycles. The molecule has 2 aromatic carbocycles. The summed E-state index contributed by atoms with van der Waals surface area (Å²) in [5.41, 5.74) is 2.53. The Morgan fingerprint density at radius 2 is 1.81 bits per heavy atom. The molecule has 0 radical (unpaired) electrons. The van der Waals surface area contributed by atoms with Crippen LogP contribution in [-0.2, 0) is 12.7 Å². The highest BCUT2D eigenvalue weighted by atomic mass is 19.4. The van der Waals surface area contributed by atoms with Crippen LogP contribution in [0.25, 0.3) is 5.69 Å². The number of alkyl halides is 3. The molecule has 3 rings (SSSR count). The fourth-order valence-corrected chi connectivity index (χ4v) is 2.91. The molecule has 0 aliphatic rings. The number of hydrogen-bond donors (Lipinski definition) is 1. The summed E-state index contributed by atoms with van der Waals surface area (Å²) in [6, 6.07) is 11.2. The Bertz CT molecular complexity index is 914. The number of halogens is 4. The van der Waals surface area contributed by atoms with E-state index in [1.54, 1.807) is 23.0 Å². The molecular weight excluding hydrogens is 358 g/mol. The number of aromatic nitrogens is 2. The topological polar surface area (TPSA) is 29.9 Å². The number of benzene rings is 2. The highest BCUT2D eigenvalue weighted by molar-refractivity contribution is 5.36. The van der Waals surface area contributed by atoms with E-state index in [1.165, 1.54) is 24.3 Å². The molecule has 1 aromatic heterocycles. The van der Waals surface area contributed by atoms with Crippen molar-refractivity contribution in [3.63, 3.8) is 0 Å². The summed E-state index contributed by atoms with van der Waals surface area (Å²) in [5, 5.41) is 7.61. The third kappa shape index (κ3) is 4.36. The lowest BCUT2D eigenvalue weighted by atomic mass is 10.1. The fraction of sp³-hybridized carbons (Fsp3) is 0.250. The van der Waals surface area contributed by atoms with Gasteiger partial charge in [0.15, 0.2) is 0 Å². The smallest absolute Gasteiger partial charge is 0.306 e. The molecule has 0 bridgehead atoms. The second kappa shape index (κ2) is 7.52. The van der Waals surface area contributed by atoms with Crippen molar-refractivity contribution in [3.8, 4) is 5.69 Å². The molecule has 0 aliphatic heterocycles. The minimum atomic E-state index is -4.33. The quantitative estimate of drug-likeness (QED) is 0.620. The van der Waals surface area contributed by atoms with Crippen molar-refractivity contribution in [2.45, 2.75) is 32.6 Å². The minimum Gasteiger partial charge on any atom is -0.306 e. The Hall–Kier alpha value is -2.67. The average Bonchev–Trinajstić information content (AvgIpc) is 3.01. The largest absolute Gasteiger partial charge is 0.416 e. The molecule has 0 saturated carbocycles.